The second-order valence-corrected chi connectivity index (χ2v) is 5.44. The van der Waals surface area contributed by atoms with Crippen molar-refractivity contribution in [3.8, 4) is 0 Å². The first-order valence-corrected chi connectivity index (χ1v) is 7.21. The van der Waals surface area contributed by atoms with Gasteiger partial charge in [0.1, 0.15) is 5.56 Å². The number of hydrogen-bond acceptors (Lipinski definition) is 6. The number of aromatic nitrogens is 4. The molecule has 0 bridgehead atoms. The zero-order valence-electron chi connectivity index (χ0n) is 11.3. The van der Waals surface area contributed by atoms with Gasteiger partial charge in [0.25, 0.3) is 0 Å². The summed E-state index contributed by atoms with van der Waals surface area (Å²) in [5.74, 6) is -1.01. The van der Waals surface area contributed by atoms with Crippen LogP contribution in [0.2, 0.25) is 0 Å². The minimum absolute atomic E-state index is 0.148. The maximum absolute atomic E-state index is 11.3. The average Bonchev–Trinajstić information content (AvgIpc) is 3.09. The number of pyridine rings is 1. The minimum atomic E-state index is -1.01. The van der Waals surface area contributed by atoms with Crippen LogP contribution in [0.5, 0.6) is 0 Å². The van der Waals surface area contributed by atoms with Crippen LogP contribution in [-0.2, 0) is 13.5 Å². The van der Waals surface area contributed by atoms with Crippen LogP contribution in [0, 0.1) is 0 Å². The van der Waals surface area contributed by atoms with E-state index < -0.39 is 5.97 Å². The lowest BCUT2D eigenvalue weighted by Gasteiger charge is -2.10. The minimum Gasteiger partial charge on any atom is -0.478 e. The molecule has 2 N–H and O–H groups in total. The van der Waals surface area contributed by atoms with E-state index in [0.717, 1.165) is 11.4 Å². The summed E-state index contributed by atoms with van der Waals surface area (Å²) in [4.78, 5) is 19.7. The highest BCUT2D eigenvalue weighted by molar-refractivity contribution is 7.09. The highest BCUT2D eigenvalue weighted by atomic mass is 32.1. The van der Waals surface area contributed by atoms with Crippen molar-refractivity contribution in [3.63, 3.8) is 0 Å². The Balaban J connectivity index is 1.90. The molecule has 21 heavy (non-hydrogen) atoms. The van der Waals surface area contributed by atoms with Crippen LogP contribution in [0.25, 0.3) is 11.0 Å². The zero-order chi connectivity index (χ0) is 14.8. The van der Waals surface area contributed by atoms with E-state index in [0.29, 0.717) is 23.3 Å². The molecule has 0 aliphatic rings. The van der Waals surface area contributed by atoms with Crippen molar-refractivity contribution in [2.75, 3.05) is 11.9 Å². The number of aromatic carboxylic acids is 1. The Bertz CT molecular complexity index is 781. The second-order valence-electron chi connectivity index (χ2n) is 4.46. The first kappa shape index (κ1) is 13.5. The van der Waals surface area contributed by atoms with Crippen molar-refractivity contribution >= 4 is 34.0 Å². The lowest BCUT2D eigenvalue weighted by Crippen LogP contribution is -2.10. The van der Waals surface area contributed by atoms with Crippen molar-refractivity contribution in [1.82, 2.24) is 19.7 Å². The summed E-state index contributed by atoms with van der Waals surface area (Å²) in [6, 6.07) is 0. The van der Waals surface area contributed by atoms with E-state index in [1.54, 1.807) is 35.5 Å². The molecule has 108 valence electrons. The smallest absolute Gasteiger partial charge is 0.339 e. The maximum Gasteiger partial charge on any atom is 0.339 e. The molecule has 0 radical (unpaired) electrons. The molecule has 7 nitrogen and oxygen atoms in total. The third-order valence-electron chi connectivity index (χ3n) is 3.12. The third-order valence-corrected chi connectivity index (χ3v) is 3.96. The van der Waals surface area contributed by atoms with Crippen molar-refractivity contribution in [1.29, 1.82) is 0 Å². The molecule has 0 atom stereocenters. The summed E-state index contributed by atoms with van der Waals surface area (Å²) in [5.41, 5.74) is 1.35. The molecule has 3 rings (SSSR count). The standard InChI is InChI=1S/C13H13N5O2S/c1-18-12-8(7-17-18)11(9(6-16-12)13(19)20)15-3-2-10-14-4-5-21-10/h4-7H,2-3H2,1H3,(H,15,16)(H,19,20). The SMILES string of the molecule is Cn1ncc2c(NCCc3nccs3)c(C(=O)O)cnc21. The Labute approximate surface area is 124 Å². The summed E-state index contributed by atoms with van der Waals surface area (Å²) < 4.78 is 1.62. The first-order valence-electron chi connectivity index (χ1n) is 6.33. The summed E-state index contributed by atoms with van der Waals surface area (Å²) in [6.07, 6.45) is 5.48. The van der Waals surface area contributed by atoms with E-state index >= 15 is 0 Å². The number of hydrogen-bond donors (Lipinski definition) is 2. The van der Waals surface area contributed by atoms with Gasteiger partial charge >= 0.3 is 5.97 Å². The van der Waals surface area contributed by atoms with E-state index in [1.807, 2.05) is 5.38 Å². The number of aryl methyl sites for hydroxylation is 1. The van der Waals surface area contributed by atoms with Crippen LogP contribution >= 0.6 is 11.3 Å². The van der Waals surface area contributed by atoms with E-state index in [-0.39, 0.29) is 5.56 Å². The van der Waals surface area contributed by atoms with Gasteiger partial charge in [0.2, 0.25) is 0 Å². The molecular weight excluding hydrogens is 290 g/mol. The highest BCUT2D eigenvalue weighted by Crippen LogP contribution is 2.25. The summed E-state index contributed by atoms with van der Waals surface area (Å²) in [5, 5.41) is 20.2. The second kappa shape index (κ2) is 5.49. The highest BCUT2D eigenvalue weighted by Gasteiger charge is 2.16. The molecule has 3 heterocycles. The number of nitrogens with one attached hydrogen (secondary N) is 1. The number of rotatable bonds is 5. The quantitative estimate of drug-likeness (QED) is 0.746. The fraction of sp³-hybridized carbons (Fsp3) is 0.231. The van der Waals surface area contributed by atoms with Crippen LogP contribution in [0.15, 0.2) is 24.0 Å². The zero-order valence-corrected chi connectivity index (χ0v) is 12.1. The van der Waals surface area contributed by atoms with Gasteiger partial charge in [-0.25, -0.2) is 14.8 Å². The van der Waals surface area contributed by atoms with E-state index in [4.69, 9.17) is 0 Å². The van der Waals surface area contributed by atoms with Gasteiger partial charge < -0.3 is 10.4 Å². The molecular formula is C13H13N5O2S. The first-order chi connectivity index (χ1) is 10.2. The van der Waals surface area contributed by atoms with E-state index in [1.165, 1.54) is 6.20 Å². The largest absolute Gasteiger partial charge is 0.478 e. The van der Waals surface area contributed by atoms with Gasteiger partial charge in [0.05, 0.1) is 22.3 Å². The van der Waals surface area contributed by atoms with Crippen molar-refractivity contribution < 1.29 is 9.90 Å². The molecule has 0 aromatic carbocycles. The van der Waals surface area contributed by atoms with Gasteiger partial charge in [-0.2, -0.15) is 5.10 Å². The van der Waals surface area contributed by atoms with E-state index in [2.05, 4.69) is 20.4 Å². The van der Waals surface area contributed by atoms with Crippen molar-refractivity contribution in [2.24, 2.45) is 7.05 Å². The molecule has 0 spiro atoms. The van der Waals surface area contributed by atoms with Crippen LogP contribution in [0.1, 0.15) is 15.4 Å². The molecule has 3 aromatic heterocycles. The number of nitrogens with zero attached hydrogens (tertiary/aromatic N) is 4. The van der Waals surface area contributed by atoms with Crippen LogP contribution in [0.4, 0.5) is 5.69 Å². The van der Waals surface area contributed by atoms with Crippen LogP contribution < -0.4 is 5.32 Å². The Morgan fingerprint density at radius 2 is 2.29 bits per heavy atom. The monoisotopic (exact) mass is 303 g/mol. The topological polar surface area (TPSA) is 92.9 Å². The van der Waals surface area contributed by atoms with Gasteiger partial charge in [-0.3, -0.25) is 4.68 Å². The van der Waals surface area contributed by atoms with E-state index in [9.17, 15) is 9.90 Å². The molecule has 8 heteroatoms. The molecule has 0 aliphatic heterocycles. The molecule has 0 unspecified atom stereocenters. The van der Waals surface area contributed by atoms with Gasteiger partial charge in [-0.05, 0) is 0 Å². The molecule has 0 aliphatic carbocycles. The summed E-state index contributed by atoms with van der Waals surface area (Å²) >= 11 is 1.58. The van der Waals surface area contributed by atoms with Crippen molar-refractivity contribution in [2.45, 2.75) is 6.42 Å². The fourth-order valence-electron chi connectivity index (χ4n) is 2.12. The lowest BCUT2D eigenvalue weighted by molar-refractivity contribution is 0.0697. The molecule has 0 saturated carbocycles. The Hall–Kier alpha value is -2.48. The Morgan fingerprint density at radius 3 is 3.00 bits per heavy atom. The van der Waals surface area contributed by atoms with Gasteiger partial charge in [-0.1, -0.05) is 0 Å². The van der Waals surface area contributed by atoms with Gasteiger partial charge in [0, 0.05) is 37.8 Å². The summed E-state index contributed by atoms with van der Waals surface area (Å²) in [7, 11) is 1.77. The number of carboxylic acid groups (broad SMARTS) is 1. The number of anilines is 1. The number of carboxylic acids is 1. The lowest BCUT2D eigenvalue weighted by atomic mass is 10.2. The normalized spacial score (nSPS) is 10.9. The van der Waals surface area contributed by atoms with Gasteiger partial charge in [0.15, 0.2) is 5.65 Å². The van der Waals surface area contributed by atoms with Crippen LogP contribution in [-0.4, -0.2) is 37.4 Å². The molecule has 3 aromatic rings. The number of thiazole rings is 1. The third kappa shape index (κ3) is 2.57. The number of fused-ring (bicyclic) bond motifs is 1. The Kier molecular flexibility index (Phi) is 3.53. The van der Waals surface area contributed by atoms with Crippen molar-refractivity contribution in [3.05, 3.63) is 34.5 Å². The number of carbonyl (C=O) groups is 1. The predicted octanol–water partition coefficient (Wildman–Crippen LogP) is 1.78. The molecule has 0 saturated heterocycles. The summed E-state index contributed by atoms with van der Waals surface area (Å²) in [6.45, 7) is 0.599. The molecule has 0 amide bonds. The average molecular weight is 303 g/mol. The maximum atomic E-state index is 11.3. The van der Waals surface area contributed by atoms with Gasteiger partial charge in [-0.15, -0.1) is 11.3 Å². The Morgan fingerprint density at radius 1 is 1.43 bits per heavy atom. The predicted molar refractivity (Wildman–Crippen MR) is 79.8 cm³/mol. The molecule has 0 fully saturated rings. The van der Waals surface area contributed by atoms with Crippen LogP contribution in [0.3, 0.4) is 0 Å². The fourth-order valence-corrected chi connectivity index (χ4v) is 2.74.